The smallest absolute Gasteiger partial charge is 0.323 e. The van der Waals surface area contributed by atoms with E-state index in [1.54, 1.807) is 14.0 Å². The van der Waals surface area contributed by atoms with Gasteiger partial charge in [-0.25, -0.2) is 10.1 Å². The van der Waals surface area contributed by atoms with E-state index in [2.05, 4.69) is 27.3 Å². The van der Waals surface area contributed by atoms with Gasteiger partial charge in [0.2, 0.25) is 5.95 Å². The van der Waals surface area contributed by atoms with Gasteiger partial charge in [-0.2, -0.15) is 9.97 Å². The Kier molecular flexibility index (Phi) is 9.60. The Morgan fingerprint density at radius 1 is 1.09 bits per heavy atom. The summed E-state index contributed by atoms with van der Waals surface area (Å²) >= 11 is 0. The minimum Gasteiger partial charge on any atom is -0.460 e. The van der Waals surface area contributed by atoms with E-state index in [0.29, 0.717) is 22.7 Å². The molecule has 0 aliphatic carbocycles. The van der Waals surface area contributed by atoms with Crippen LogP contribution in [0.4, 0.5) is 11.8 Å². The van der Waals surface area contributed by atoms with Gasteiger partial charge in [-0.1, -0.05) is 73.7 Å². The van der Waals surface area contributed by atoms with Crippen LogP contribution in [0.5, 0.6) is 5.75 Å². The molecule has 1 saturated heterocycles. The fourth-order valence-electron chi connectivity index (χ4n) is 5.59. The monoisotopic (exact) mass is 643 g/mol. The van der Waals surface area contributed by atoms with Gasteiger partial charge >= 0.3 is 14.5 Å². The molecule has 0 radical (unpaired) electrons. The Balaban J connectivity index is 1.17. The predicted octanol–water partition coefficient (Wildman–Crippen LogP) is 5.88. The third kappa shape index (κ3) is 6.90. The highest BCUT2D eigenvalue weighted by molar-refractivity contribution is 7.45. The van der Waals surface area contributed by atoms with Gasteiger partial charge < -0.3 is 29.6 Å². The number of hydrogen-bond acceptors (Lipinski definition) is 11. The van der Waals surface area contributed by atoms with Gasteiger partial charge in [0.25, 0.3) is 0 Å². The summed E-state index contributed by atoms with van der Waals surface area (Å²) in [4.78, 5) is 26.4. The standard InChI is InChI=1S/C33H38N7O5P/c1-20-17-25(44-31(20)40-22(3)36-28-29(35-4)37-33(34)38-30(28)40)19-43-46(45-27-16-10-14-24-13-8-9-15-26(24)27)39-21(2)32(41)42-18-23-11-6-5-7-12-23/h5-16,20-21,25,31,39H,17-19H2,1-4H3,(H3,34,35,37,38). The van der Waals surface area contributed by atoms with E-state index in [4.69, 9.17) is 29.2 Å². The van der Waals surface area contributed by atoms with Crippen LogP contribution in [0.3, 0.4) is 0 Å². The number of nitrogen functional groups attached to an aromatic ring is 1. The zero-order valence-electron chi connectivity index (χ0n) is 26.2. The first-order valence-electron chi connectivity index (χ1n) is 15.2. The van der Waals surface area contributed by atoms with Crippen molar-refractivity contribution in [1.82, 2.24) is 24.6 Å². The molecule has 1 fully saturated rings. The number of aromatic nitrogens is 4. The Bertz CT molecular complexity index is 1820. The van der Waals surface area contributed by atoms with E-state index in [9.17, 15) is 4.79 Å². The summed E-state index contributed by atoms with van der Waals surface area (Å²) in [7, 11) is -0.00562. The van der Waals surface area contributed by atoms with E-state index in [1.165, 1.54) is 0 Å². The Morgan fingerprint density at radius 3 is 2.65 bits per heavy atom. The minimum absolute atomic E-state index is 0.129. The number of benzene rings is 3. The molecule has 1 aliphatic rings. The third-order valence-electron chi connectivity index (χ3n) is 7.86. The van der Waals surface area contributed by atoms with Crippen molar-refractivity contribution in [2.24, 2.45) is 5.92 Å². The van der Waals surface area contributed by atoms with Gasteiger partial charge in [-0.15, -0.1) is 0 Å². The lowest BCUT2D eigenvalue weighted by molar-refractivity contribution is -0.146. The number of hydrogen-bond donors (Lipinski definition) is 3. The third-order valence-corrected chi connectivity index (χ3v) is 9.21. The van der Waals surface area contributed by atoms with E-state index < -0.39 is 20.5 Å². The first-order valence-corrected chi connectivity index (χ1v) is 16.4. The Hall–Kier alpha value is -4.35. The number of nitrogens with one attached hydrogen (secondary N) is 2. The Morgan fingerprint density at radius 2 is 1.85 bits per heavy atom. The van der Waals surface area contributed by atoms with Crippen LogP contribution in [0, 0.1) is 12.8 Å². The molecule has 0 saturated carbocycles. The molecule has 0 amide bonds. The van der Waals surface area contributed by atoms with Crippen LogP contribution in [0.2, 0.25) is 0 Å². The zero-order chi connectivity index (χ0) is 32.2. The van der Waals surface area contributed by atoms with E-state index >= 15 is 0 Å². The summed E-state index contributed by atoms with van der Waals surface area (Å²) in [5.74, 6) is 1.84. The van der Waals surface area contributed by atoms with E-state index in [-0.39, 0.29) is 37.4 Å². The summed E-state index contributed by atoms with van der Waals surface area (Å²) < 4.78 is 26.9. The van der Waals surface area contributed by atoms with E-state index in [0.717, 1.165) is 28.6 Å². The van der Waals surface area contributed by atoms with Crippen molar-refractivity contribution in [1.29, 1.82) is 0 Å². The molecule has 0 spiro atoms. The highest BCUT2D eigenvalue weighted by atomic mass is 31.2. The molecule has 46 heavy (non-hydrogen) atoms. The fourth-order valence-corrected chi connectivity index (χ4v) is 6.83. The van der Waals surface area contributed by atoms with Gasteiger partial charge in [-0.3, -0.25) is 9.36 Å². The van der Waals surface area contributed by atoms with Crippen LogP contribution in [0.25, 0.3) is 21.9 Å². The van der Waals surface area contributed by atoms with Gasteiger partial charge in [0.05, 0.1) is 12.7 Å². The fraction of sp³-hybridized carbons (Fsp3) is 0.333. The minimum atomic E-state index is -1.78. The second kappa shape index (κ2) is 14.0. The van der Waals surface area contributed by atoms with Crippen LogP contribution in [-0.2, 0) is 25.4 Å². The van der Waals surface area contributed by atoms with Crippen molar-refractivity contribution >= 4 is 48.2 Å². The Labute approximate surface area is 268 Å². The number of fused-ring (bicyclic) bond motifs is 2. The molecule has 2 aromatic heterocycles. The molecular weight excluding hydrogens is 605 g/mol. The zero-order valence-corrected chi connectivity index (χ0v) is 27.1. The van der Waals surface area contributed by atoms with Crippen LogP contribution >= 0.6 is 8.53 Å². The SMILES string of the molecule is CNc1nc(N)nc2c1nc(C)n2C1OC(COP(NC(C)C(=O)OCc2ccccc2)Oc2cccc3ccccc23)CC1C. The number of aryl methyl sites for hydroxylation is 1. The maximum atomic E-state index is 13.0. The summed E-state index contributed by atoms with van der Waals surface area (Å²) in [6.07, 6.45) is 0.153. The molecule has 5 atom stereocenters. The highest BCUT2D eigenvalue weighted by Gasteiger charge is 2.37. The largest absolute Gasteiger partial charge is 0.460 e. The maximum Gasteiger partial charge on any atom is 0.323 e. The van der Waals surface area contributed by atoms with Crippen LogP contribution in [0.15, 0.2) is 72.8 Å². The molecule has 5 unspecified atom stereocenters. The molecule has 240 valence electrons. The lowest BCUT2D eigenvalue weighted by Gasteiger charge is -2.24. The van der Waals surface area contributed by atoms with Crippen molar-refractivity contribution in [2.45, 2.75) is 52.2 Å². The maximum absolute atomic E-state index is 13.0. The highest BCUT2D eigenvalue weighted by Crippen LogP contribution is 2.42. The van der Waals surface area contributed by atoms with Crippen LogP contribution < -0.4 is 20.7 Å². The molecule has 6 rings (SSSR count). The average Bonchev–Trinajstić information content (AvgIpc) is 3.59. The summed E-state index contributed by atoms with van der Waals surface area (Å²) in [5, 5.41) is 8.25. The normalized spacial score (nSPS) is 19.3. The number of imidazole rings is 1. The first kappa shape index (κ1) is 31.6. The van der Waals surface area contributed by atoms with Gasteiger partial charge in [0.15, 0.2) is 17.0 Å². The number of carbonyl (C=O) groups is 1. The van der Waals surface area contributed by atoms with Gasteiger partial charge in [-0.05, 0) is 37.3 Å². The molecule has 4 N–H and O–H groups in total. The molecule has 13 heteroatoms. The number of esters is 1. The molecule has 1 aliphatic heterocycles. The number of nitrogens with zero attached hydrogens (tertiary/aromatic N) is 4. The number of rotatable bonds is 12. The molecule has 3 aromatic carbocycles. The average molecular weight is 644 g/mol. The van der Waals surface area contributed by atoms with Crippen molar-refractivity contribution in [3.63, 3.8) is 0 Å². The molecule has 0 bridgehead atoms. The molecule has 5 aromatic rings. The lowest BCUT2D eigenvalue weighted by atomic mass is 10.1. The summed E-state index contributed by atoms with van der Waals surface area (Å²) in [6.45, 7) is 6.19. The number of ether oxygens (including phenoxy) is 2. The number of carbonyl (C=O) groups excluding carboxylic acids is 1. The van der Waals surface area contributed by atoms with Crippen molar-refractivity contribution < 1.29 is 23.3 Å². The molecular formula is C33H38N7O5P. The van der Waals surface area contributed by atoms with Crippen LogP contribution in [-0.4, -0.2) is 51.3 Å². The summed E-state index contributed by atoms with van der Waals surface area (Å²) in [6, 6.07) is 22.7. The topological polar surface area (TPSA) is 148 Å². The molecule has 3 heterocycles. The van der Waals surface area contributed by atoms with Crippen LogP contribution in [0.1, 0.15) is 37.9 Å². The quantitative estimate of drug-likeness (QED) is 0.111. The molecule has 12 nitrogen and oxygen atoms in total. The van der Waals surface area contributed by atoms with E-state index in [1.807, 2.05) is 84.3 Å². The number of anilines is 2. The lowest BCUT2D eigenvalue weighted by Crippen LogP contribution is -2.34. The predicted molar refractivity (Wildman–Crippen MR) is 178 cm³/mol. The van der Waals surface area contributed by atoms with Gasteiger partial charge in [0.1, 0.15) is 30.5 Å². The van der Waals surface area contributed by atoms with Crippen molar-refractivity contribution in [3.05, 3.63) is 84.2 Å². The van der Waals surface area contributed by atoms with Crippen molar-refractivity contribution in [2.75, 3.05) is 24.7 Å². The second-order valence-corrected chi connectivity index (χ2v) is 12.5. The van der Waals surface area contributed by atoms with Crippen molar-refractivity contribution in [3.8, 4) is 5.75 Å². The summed E-state index contributed by atoms with van der Waals surface area (Å²) in [5.41, 5.74) is 8.17. The van der Waals surface area contributed by atoms with Gasteiger partial charge in [0, 0.05) is 18.4 Å². The first-order chi connectivity index (χ1) is 22.3. The second-order valence-electron chi connectivity index (χ2n) is 11.3. The number of nitrogens with two attached hydrogens (primary N) is 1.